The first kappa shape index (κ1) is 12.3. The molecule has 3 unspecified atom stereocenters. The quantitative estimate of drug-likeness (QED) is 0.633. The van der Waals surface area contributed by atoms with Crippen molar-refractivity contribution in [3.8, 4) is 0 Å². The molecule has 0 spiro atoms. The summed E-state index contributed by atoms with van der Waals surface area (Å²) in [4.78, 5) is 0. The molecule has 0 aromatic heterocycles. The Balaban J connectivity index is 2.26. The maximum atomic E-state index is 6.14. The zero-order chi connectivity index (χ0) is 10.6. The van der Waals surface area contributed by atoms with Gasteiger partial charge in [0.05, 0.1) is 6.61 Å². The van der Waals surface area contributed by atoms with Crippen LogP contribution in [0.25, 0.3) is 0 Å². The normalized spacial score (nSPS) is 32.8. The molecule has 1 nitrogen and oxygen atoms in total. The van der Waals surface area contributed by atoms with Crippen molar-refractivity contribution in [3.63, 3.8) is 0 Å². The number of alkyl halides is 1. The summed E-state index contributed by atoms with van der Waals surface area (Å²) in [6.07, 6.45) is 5.06. The highest BCUT2D eigenvalue weighted by Crippen LogP contribution is 2.35. The Labute approximate surface area is 93.2 Å². The summed E-state index contributed by atoms with van der Waals surface area (Å²) in [5.74, 6) is 2.11. The lowest BCUT2D eigenvalue weighted by Crippen LogP contribution is -2.15. The van der Waals surface area contributed by atoms with Gasteiger partial charge in [-0.3, -0.25) is 0 Å². The zero-order valence-corrected chi connectivity index (χ0v) is 10.4. The van der Waals surface area contributed by atoms with Gasteiger partial charge in [0, 0.05) is 5.92 Å². The first-order valence-electron chi connectivity index (χ1n) is 5.90. The fourth-order valence-corrected chi connectivity index (χ4v) is 2.63. The van der Waals surface area contributed by atoms with Gasteiger partial charge >= 0.3 is 0 Å². The summed E-state index contributed by atoms with van der Waals surface area (Å²) in [6.45, 7) is 7.66. The van der Waals surface area contributed by atoms with Crippen LogP contribution in [-0.4, -0.2) is 12.2 Å². The van der Waals surface area contributed by atoms with Gasteiger partial charge in [-0.05, 0) is 18.3 Å². The van der Waals surface area contributed by atoms with Crippen LogP contribution in [0.3, 0.4) is 0 Å². The Morgan fingerprint density at radius 3 is 2.71 bits per heavy atom. The van der Waals surface area contributed by atoms with E-state index in [9.17, 15) is 0 Å². The van der Waals surface area contributed by atoms with E-state index >= 15 is 0 Å². The van der Waals surface area contributed by atoms with Gasteiger partial charge < -0.3 is 4.74 Å². The third kappa shape index (κ3) is 3.43. The van der Waals surface area contributed by atoms with Gasteiger partial charge in [0.15, 0.2) is 0 Å². The van der Waals surface area contributed by atoms with Gasteiger partial charge in [-0.2, -0.15) is 0 Å². The summed E-state index contributed by atoms with van der Waals surface area (Å²) in [7, 11) is 0. The van der Waals surface area contributed by atoms with Gasteiger partial charge in [-0.15, -0.1) is 0 Å². The fourth-order valence-electron chi connectivity index (χ4n) is 2.23. The van der Waals surface area contributed by atoms with Crippen LogP contribution >= 0.6 is 11.6 Å². The molecule has 1 heterocycles. The van der Waals surface area contributed by atoms with Crippen LogP contribution < -0.4 is 0 Å². The number of rotatable bonds is 5. The lowest BCUT2D eigenvalue weighted by molar-refractivity contribution is 0.148. The van der Waals surface area contributed by atoms with E-state index in [1.807, 2.05) is 0 Å². The topological polar surface area (TPSA) is 9.23 Å². The average Bonchev–Trinajstić information content (AvgIpc) is 2.47. The molecule has 1 rings (SSSR count). The molecule has 1 aliphatic heterocycles. The molecule has 0 amide bonds. The van der Waals surface area contributed by atoms with Gasteiger partial charge in [0.1, 0.15) is 5.56 Å². The average molecular weight is 219 g/mol. The lowest BCUT2D eigenvalue weighted by Gasteiger charge is -2.18. The zero-order valence-electron chi connectivity index (χ0n) is 9.63. The SMILES string of the molecule is CCC1COC(Cl)C1CCCC(C)C. The van der Waals surface area contributed by atoms with Crippen LogP contribution in [0, 0.1) is 17.8 Å². The Morgan fingerprint density at radius 1 is 1.43 bits per heavy atom. The van der Waals surface area contributed by atoms with Gasteiger partial charge in [0.2, 0.25) is 0 Å². The third-order valence-corrected chi connectivity index (χ3v) is 3.70. The lowest BCUT2D eigenvalue weighted by atomic mass is 9.88. The maximum absolute atomic E-state index is 6.14. The predicted molar refractivity (Wildman–Crippen MR) is 61.6 cm³/mol. The number of hydrogen-bond acceptors (Lipinski definition) is 1. The Bertz CT molecular complexity index is 158. The predicted octanol–water partition coefficient (Wildman–Crippen LogP) is 4.05. The van der Waals surface area contributed by atoms with Crippen molar-refractivity contribution in [1.82, 2.24) is 0 Å². The second-order valence-electron chi connectivity index (χ2n) is 4.84. The highest BCUT2D eigenvalue weighted by Gasteiger charge is 2.33. The molecule has 1 aliphatic rings. The molecule has 84 valence electrons. The second kappa shape index (κ2) is 5.97. The van der Waals surface area contributed by atoms with E-state index in [1.54, 1.807) is 0 Å². The van der Waals surface area contributed by atoms with E-state index in [1.165, 1.54) is 25.7 Å². The minimum Gasteiger partial charge on any atom is -0.362 e. The van der Waals surface area contributed by atoms with Crippen molar-refractivity contribution in [3.05, 3.63) is 0 Å². The molecule has 0 aromatic rings. The fraction of sp³-hybridized carbons (Fsp3) is 1.00. The molecule has 0 radical (unpaired) electrons. The minimum atomic E-state index is -0.0212. The number of ether oxygens (including phenoxy) is 1. The molecule has 0 aliphatic carbocycles. The molecule has 0 N–H and O–H groups in total. The van der Waals surface area contributed by atoms with Crippen LogP contribution in [0.2, 0.25) is 0 Å². The molecule has 0 saturated carbocycles. The highest BCUT2D eigenvalue weighted by molar-refractivity contribution is 6.20. The minimum absolute atomic E-state index is 0.0212. The standard InChI is InChI=1S/C12H23ClO/c1-4-10-8-14-12(13)11(10)7-5-6-9(2)3/h9-12H,4-8H2,1-3H3. The van der Waals surface area contributed by atoms with Crippen molar-refractivity contribution >= 4 is 11.6 Å². The molecule has 0 bridgehead atoms. The molecule has 3 atom stereocenters. The Morgan fingerprint density at radius 2 is 2.14 bits per heavy atom. The van der Waals surface area contributed by atoms with E-state index in [-0.39, 0.29) is 5.56 Å². The smallest absolute Gasteiger partial charge is 0.134 e. The van der Waals surface area contributed by atoms with E-state index < -0.39 is 0 Å². The van der Waals surface area contributed by atoms with Crippen molar-refractivity contribution in [2.45, 2.75) is 52.0 Å². The van der Waals surface area contributed by atoms with E-state index in [2.05, 4.69) is 20.8 Å². The molecule has 0 aromatic carbocycles. The Hall–Kier alpha value is 0.250. The monoisotopic (exact) mass is 218 g/mol. The molecule has 1 fully saturated rings. The summed E-state index contributed by atoms with van der Waals surface area (Å²) < 4.78 is 5.49. The molecule has 14 heavy (non-hydrogen) atoms. The van der Waals surface area contributed by atoms with E-state index in [0.29, 0.717) is 11.8 Å². The molecular weight excluding hydrogens is 196 g/mol. The summed E-state index contributed by atoms with van der Waals surface area (Å²) in [6, 6.07) is 0. The van der Waals surface area contributed by atoms with Crippen LogP contribution in [0.5, 0.6) is 0 Å². The third-order valence-electron chi connectivity index (χ3n) is 3.25. The van der Waals surface area contributed by atoms with Crippen LogP contribution in [0.15, 0.2) is 0 Å². The molecule has 1 saturated heterocycles. The van der Waals surface area contributed by atoms with Crippen molar-refractivity contribution < 1.29 is 4.74 Å². The largest absolute Gasteiger partial charge is 0.362 e. The van der Waals surface area contributed by atoms with Gasteiger partial charge in [0.25, 0.3) is 0 Å². The number of hydrogen-bond donors (Lipinski definition) is 0. The molecule has 2 heteroatoms. The van der Waals surface area contributed by atoms with Crippen molar-refractivity contribution in [2.75, 3.05) is 6.61 Å². The van der Waals surface area contributed by atoms with Crippen molar-refractivity contribution in [2.24, 2.45) is 17.8 Å². The molecular formula is C12H23ClO. The van der Waals surface area contributed by atoms with Crippen LogP contribution in [0.4, 0.5) is 0 Å². The highest BCUT2D eigenvalue weighted by atomic mass is 35.5. The Kier molecular flexibility index (Phi) is 5.25. The van der Waals surface area contributed by atoms with Gasteiger partial charge in [-0.25, -0.2) is 0 Å². The van der Waals surface area contributed by atoms with Crippen LogP contribution in [-0.2, 0) is 4.74 Å². The first-order chi connectivity index (χ1) is 6.65. The number of halogens is 1. The summed E-state index contributed by atoms with van der Waals surface area (Å²) >= 11 is 6.14. The summed E-state index contributed by atoms with van der Waals surface area (Å²) in [5, 5.41) is 0. The second-order valence-corrected chi connectivity index (χ2v) is 5.27. The first-order valence-corrected chi connectivity index (χ1v) is 6.34. The van der Waals surface area contributed by atoms with Gasteiger partial charge in [-0.1, -0.05) is 51.6 Å². The maximum Gasteiger partial charge on any atom is 0.134 e. The van der Waals surface area contributed by atoms with E-state index in [0.717, 1.165) is 12.5 Å². The van der Waals surface area contributed by atoms with Crippen LogP contribution in [0.1, 0.15) is 46.5 Å². The summed E-state index contributed by atoms with van der Waals surface area (Å²) in [5.41, 5.74) is -0.0212. The van der Waals surface area contributed by atoms with Crippen molar-refractivity contribution in [1.29, 1.82) is 0 Å². The van der Waals surface area contributed by atoms with E-state index in [4.69, 9.17) is 16.3 Å².